The quantitative estimate of drug-likeness (QED) is 0.404. The molecule has 8 nitrogen and oxygen atoms in total. The Morgan fingerprint density at radius 3 is 2.89 bits per heavy atom. The molecule has 9 heteroatoms. The van der Waals surface area contributed by atoms with Gasteiger partial charge in [0.1, 0.15) is 5.56 Å². The molecule has 142 valence electrons. The van der Waals surface area contributed by atoms with Crippen LogP contribution in [-0.2, 0) is 21.1 Å². The van der Waals surface area contributed by atoms with Crippen molar-refractivity contribution in [3.63, 3.8) is 0 Å². The topological polar surface area (TPSA) is 116 Å². The Bertz CT molecular complexity index is 1250. The fraction of sp³-hybridized carbons (Fsp3) is 0.158. The second-order valence-corrected chi connectivity index (χ2v) is 6.37. The molecule has 3 N–H and O–H groups in total. The number of nitrogens with one attached hydrogen (secondary N) is 1. The zero-order valence-corrected chi connectivity index (χ0v) is 18.1. The van der Waals surface area contributed by atoms with Crippen molar-refractivity contribution in [3.8, 4) is 0 Å². The van der Waals surface area contributed by atoms with Crippen molar-refractivity contribution in [2.45, 2.75) is 19.9 Å². The molecular weight excluding hydrogens is 528 g/mol. The monoisotopic (exact) mass is 545 g/mol. The van der Waals surface area contributed by atoms with Crippen LogP contribution in [0.15, 0.2) is 47.5 Å². The van der Waals surface area contributed by atoms with Crippen LogP contribution in [0.2, 0.25) is 0 Å². The van der Waals surface area contributed by atoms with Crippen molar-refractivity contribution in [2.75, 3.05) is 5.73 Å². The first kappa shape index (κ1) is 19.8. The summed E-state index contributed by atoms with van der Waals surface area (Å²) >= 11 is 0. The summed E-state index contributed by atoms with van der Waals surface area (Å²) < 4.78 is 1.45. The molecule has 0 spiro atoms. The first-order valence-corrected chi connectivity index (χ1v) is 8.42. The van der Waals surface area contributed by atoms with Crippen molar-refractivity contribution >= 4 is 28.1 Å². The molecule has 0 aliphatic rings. The van der Waals surface area contributed by atoms with Gasteiger partial charge in [-0.1, -0.05) is 24.3 Å². The molecule has 3 heterocycles. The van der Waals surface area contributed by atoms with Gasteiger partial charge in [0, 0.05) is 44.9 Å². The van der Waals surface area contributed by atoms with Crippen LogP contribution in [0.25, 0.3) is 16.4 Å². The Labute approximate surface area is 174 Å². The summed E-state index contributed by atoms with van der Waals surface area (Å²) in [5.41, 5.74) is 7.50. The number of hydrogen-bond donors (Lipinski definition) is 2. The number of rotatable bonds is 3. The standard InChI is InChI=1S/C19H18N6O2.W/c1-10-5-3-6-12-9-13(23-18(26)14(10)12)11(2)22-19(27)15-16(20)24-25-8-4-7-21-17(15)25;/h3-9,11H,1-2H3,(H4,20,22,23,24,26,27);/p-1. The zero-order valence-electron chi connectivity index (χ0n) is 15.2. The first-order valence-electron chi connectivity index (χ1n) is 8.42. The van der Waals surface area contributed by atoms with Crippen molar-refractivity contribution < 1.29 is 25.9 Å². The fourth-order valence-corrected chi connectivity index (χ4v) is 3.15. The van der Waals surface area contributed by atoms with Gasteiger partial charge >= 0.3 is 0 Å². The molecule has 0 aliphatic heterocycles. The maximum absolute atomic E-state index is 12.7. The van der Waals surface area contributed by atoms with Crippen LogP contribution in [0.4, 0.5) is 5.82 Å². The average Bonchev–Trinajstić information content (AvgIpc) is 2.97. The van der Waals surface area contributed by atoms with E-state index in [-0.39, 0.29) is 38.0 Å². The van der Waals surface area contributed by atoms with Crippen LogP contribution in [-0.4, -0.2) is 20.5 Å². The third-order valence-electron chi connectivity index (χ3n) is 4.49. The number of benzene rings is 1. The summed E-state index contributed by atoms with van der Waals surface area (Å²) in [6, 6.07) is 8.63. The predicted octanol–water partition coefficient (Wildman–Crippen LogP) is 1.58. The van der Waals surface area contributed by atoms with E-state index in [2.05, 4.69) is 20.4 Å². The van der Waals surface area contributed by atoms with Crippen LogP contribution >= 0.6 is 0 Å². The molecule has 0 saturated heterocycles. The molecule has 0 bridgehead atoms. The van der Waals surface area contributed by atoms with E-state index in [1.807, 2.05) is 31.2 Å². The van der Waals surface area contributed by atoms with E-state index in [4.69, 9.17) is 5.73 Å². The number of nitrogen functional groups attached to an aromatic ring is 1. The smallest absolute Gasteiger partial charge is 0.259 e. The number of aryl methyl sites for hydroxylation is 1. The molecule has 0 aliphatic carbocycles. The van der Waals surface area contributed by atoms with E-state index < -0.39 is 11.9 Å². The number of carbonyl (C=O) groups excluding carboxylic acids is 1. The van der Waals surface area contributed by atoms with Gasteiger partial charge in [-0.2, -0.15) is 0 Å². The van der Waals surface area contributed by atoms with Gasteiger partial charge < -0.3 is 20.8 Å². The summed E-state index contributed by atoms with van der Waals surface area (Å²) in [5, 5.41) is 8.30. The molecule has 28 heavy (non-hydrogen) atoms. The maximum Gasteiger partial charge on any atom is 0.259 e. The number of fused-ring (bicyclic) bond motifs is 2. The molecule has 1 atom stereocenters. The van der Waals surface area contributed by atoms with Crippen molar-refractivity contribution in [1.82, 2.24) is 24.9 Å². The summed E-state index contributed by atoms with van der Waals surface area (Å²) in [4.78, 5) is 33.4. The van der Waals surface area contributed by atoms with Crippen LogP contribution in [0, 0.1) is 6.92 Å². The molecule has 1 aromatic carbocycles. The second-order valence-electron chi connectivity index (χ2n) is 6.37. The third kappa shape index (κ3) is 3.31. The Hall–Kier alpha value is -2.99. The van der Waals surface area contributed by atoms with Gasteiger partial charge in [-0.05, 0) is 30.9 Å². The molecule has 4 rings (SSSR count). The first-order chi connectivity index (χ1) is 13.0. The number of hydrogen-bond acceptors (Lipinski definition) is 5. The number of nitrogens with zero attached hydrogens (tertiary/aromatic N) is 4. The third-order valence-corrected chi connectivity index (χ3v) is 4.49. The molecule has 0 fully saturated rings. The zero-order chi connectivity index (χ0) is 19.1. The maximum atomic E-state index is 12.7. The van der Waals surface area contributed by atoms with Crippen LogP contribution in [0.5, 0.6) is 0 Å². The Morgan fingerprint density at radius 2 is 2.11 bits per heavy atom. The van der Waals surface area contributed by atoms with E-state index in [1.54, 1.807) is 25.4 Å². The minimum atomic E-state index is -0.492. The molecule has 3 aromatic heterocycles. The van der Waals surface area contributed by atoms with Gasteiger partial charge in [0.25, 0.3) is 5.91 Å². The second kappa shape index (κ2) is 7.56. The van der Waals surface area contributed by atoms with E-state index in [0.717, 1.165) is 10.9 Å². The van der Waals surface area contributed by atoms with Gasteiger partial charge in [0.05, 0.1) is 5.56 Å². The largest absolute Gasteiger partial charge is 0.624 e. The van der Waals surface area contributed by atoms with E-state index in [0.29, 0.717) is 16.7 Å². The molecule has 4 aromatic rings. The van der Waals surface area contributed by atoms with Gasteiger partial charge in [0.15, 0.2) is 11.5 Å². The SMILES string of the molecule is Cc1cccc2cc(C(C)NC(=O)c3c(N)nn4cccnc34)[n-]c(=O)c12.[W]. The number of aromatic nitrogens is 4. The van der Waals surface area contributed by atoms with Gasteiger partial charge in [-0.15, -0.1) is 10.8 Å². The summed E-state index contributed by atoms with van der Waals surface area (Å²) in [6.07, 6.45) is 3.23. The van der Waals surface area contributed by atoms with Crippen molar-refractivity contribution in [1.29, 1.82) is 0 Å². The molecule has 0 saturated carbocycles. The van der Waals surface area contributed by atoms with Crippen LogP contribution in [0.1, 0.15) is 34.6 Å². The fourth-order valence-electron chi connectivity index (χ4n) is 3.15. The van der Waals surface area contributed by atoms with Gasteiger partial charge in [0.2, 0.25) is 0 Å². The minimum Gasteiger partial charge on any atom is -0.624 e. The van der Waals surface area contributed by atoms with Crippen LogP contribution < -0.4 is 21.6 Å². The molecular formula is C19H17N6O2W-. The Morgan fingerprint density at radius 1 is 1.32 bits per heavy atom. The summed E-state index contributed by atoms with van der Waals surface area (Å²) in [5.74, 6) is -0.336. The average molecular weight is 545 g/mol. The van der Waals surface area contributed by atoms with E-state index >= 15 is 0 Å². The van der Waals surface area contributed by atoms with Gasteiger partial charge in [-0.3, -0.25) is 4.79 Å². The number of pyridine rings is 1. The van der Waals surface area contributed by atoms with Crippen LogP contribution in [0.3, 0.4) is 0 Å². The minimum absolute atomic E-state index is 0. The number of amides is 1. The van der Waals surface area contributed by atoms with E-state index in [1.165, 1.54) is 4.52 Å². The van der Waals surface area contributed by atoms with Crippen molar-refractivity contribution in [2.24, 2.45) is 0 Å². The van der Waals surface area contributed by atoms with E-state index in [9.17, 15) is 9.59 Å². The molecule has 1 unspecified atom stereocenters. The number of carbonyl (C=O) groups is 1. The summed E-state index contributed by atoms with van der Waals surface area (Å²) in [7, 11) is 0. The summed E-state index contributed by atoms with van der Waals surface area (Å²) in [6.45, 7) is 3.63. The normalized spacial score (nSPS) is 11.9. The van der Waals surface area contributed by atoms with Gasteiger partial charge in [-0.25, -0.2) is 9.50 Å². The molecule has 1 amide bonds. The number of nitrogens with two attached hydrogens (primary N) is 1. The Balaban J connectivity index is 0.00000225. The predicted molar refractivity (Wildman–Crippen MR) is 102 cm³/mol. The Kier molecular flexibility index (Phi) is 5.33. The van der Waals surface area contributed by atoms with Crippen molar-refractivity contribution in [3.05, 3.63) is 69.9 Å². The number of anilines is 1. The molecule has 0 radical (unpaired) electrons.